The monoisotopic (exact) mass is 384 g/mol. The molecule has 3 heterocycles. The standard InChI is InChI=1S/C22H20N6O/c29-22(16-7-1-2-9-19(16)27-14-6-13-24-27)26-18-8-5-10-20-17(18)15-25-28(20)21-11-3-4-12-23-21/h1-4,6-7,9,11-15,18H,5,8,10H2,(H,26,29). The third kappa shape index (κ3) is 3.20. The quantitative estimate of drug-likeness (QED) is 0.586. The van der Waals surface area contributed by atoms with Crippen molar-refractivity contribution in [3.63, 3.8) is 0 Å². The van der Waals surface area contributed by atoms with Crippen LogP contribution in [-0.4, -0.2) is 30.5 Å². The first-order valence-electron chi connectivity index (χ1n) is 9.69. The Morgan fingerprint density at radius 3 is 2.76 bits per heavy atom. The first-order valence-corrected chi connectivity index (χ1v) is 9.69. The molecule has 29 heavy (non-hydrogen) atoms. The molecule has 0 fully saturated rings. The molecule has 0 saturated carbocycles. The summed E-state index contributed by atoms with van der Waals surface area (Å²) in [6, 6.07) is 15.0. The SMILES string of the molecule is O=C(NC1CCCc2c1cnn2-c1ccccn1)c1ccccc1-n1cccn1. The first kappa shape index (κ1) is 17.4. The molecule has 0 aliphatic heterocycles. The van der Waals surface area contributed by atoms with Crippen LogP contribution in [0.1, 0.15) is 40.5 Å². The second-order valence-corrected chi connectivity index (χ2v) is 7.03. The summed E-state index contributed by atoms with van der Waals surface area (Å²) in [5, 5.41) is 12.0. The predicted octanol–water partition coefficient (Wildman–Crippen LogP) is 3.26. The highest BCUT2D eigenvalue weighted by Gasteiger charge is 2.27. The summed E-state index contributed by atoms with van der Waals surface area (Å²) < 4.78 is 3.59. The van der Waals surface area contributed by atoms with Crippen molar-refractivity contribution in [1.29, 1.82) is 0 Å². The molecule has 1 aliphatic carbocycles. The lowest BCUT2D eigenvalue weighted by Crippen LogP contribution is -2.31. The number of hydrogen-bond acceptors (Lipinski definition) is 4. The minimum absolute atomic E-state index is 0.0746. The Balaban J connectivity index is 1.44. The highest BCUT2D eigenvalue weighted by atomic mass is 16.1. The number of para-hydroxylation sites is 1. The van der Waals surface area contributed by atoms with E-state index in [1.54, 1.807) is 17.1 Å². The Morgan fingerprint density at radius 1 is 1.03 bits per heavy atom. The molecule has 1 aromatic carbocycles. The molecular formula is C22H20N6O. The molecule has 0 radical (unpaired) electrons. The van der Waals surface area contributed by atoms with Crippen LogP contribution in [0.2, 0.25) is 0 Å². The Morgan fingerprint density at radius 2 is 1.93 bits per heavy atom. The summed E-state index contributed by atoms with van der Waals surface area (Å²) in [5.74, 6) is 0.685. The van der Waals surface area contributed by atoms with Crippen molar-refractivity contribution in [2.45, 2.75) is 25.3 Å². The molecule has 1 atom stereocenters. The number of amides is 1. The van der Waals surface area contributed by atoms with Crippen molar-refractivity contribution < 1.29 is 4.79 Å². The second kappa shape index (κ2) is 7.35. The number of aromatic nitrogens is 5. The molecule has 7 heteroatoms. The summed E-state index contributed by atoms with van der Waals surface area (Å²) in [4.78, 5) is 17.5. The average Bonchev–Trinajstić information content (AvgIpc) is 3.45. The van der Waals surface area contributed by atoms with Crippen LogP contribution >= 0.6 is 0 Å². The number of nitrogens with zero attached hydrogens (tertiary/aromatic N) is 5. The largest absolute Gasteiger partial charge is 0.345 e. The van der Waals surface area contributed by atoms with Gasteiger partial charge in [0.05, 0.1) is 29.2 Å². The molecule has 144 valence electrons. The van der Waals surface area contributed by atoms with E-state index in [1.165, 1.54) is 0 Å². The number of carbonyl (C=O) groups is 1. The lowest BCUT2D eigenvalue weighted by molar-refractivity contribution is 0.0932. The fourth-order valence-corrected chi connectivity index (χ4v) is 3.90. The van der Waals surface area contributed by atoms with E-state index >= 15 is 0 Å². The van der Waals surface area contributed by atoms with Crippen LogP contribution in [0.25, 0.3) is 11.5 Å². The number of hydrogen-bond donors (Lipinski definition) is 1. The van der Waals surface area contributed by atoms with E-state index in [1.807, 2.05) is 65.6 Å². The maximum Gasteiger partial charge on any atom is 0.253 e. The smallest absolute Gasteiger partial charge is 0.253 e. The van der Waals surface area contributed by atoms with Gasteiger partial charge in [-0.3, -0.25) is 4.79 Å². The zero-order chi connectivity index (χ0) is 19.6. The van der Waals surface area contributed by atoms with E-state index in [0.29, 0.717) is 5.56 Å². The van der Waals surface area contributed by atoms with Crippen LogP contribution in [0, 0.1) is 0 Å². The van der Waals surface area contributed by atoms with E-state index in [9.17, 15) is 4.79 Å². The fraction of sp³-hybridized carbons (Fsp3) is 0.182. The van der Waals surface area contributed by atoms with Gasteiger partial charge >= 0.3 is 0 Å². The highest BCUT2D eigenvalue weighted by molar-refractivity contribution is 5.98. The fourth-order valence-electron chi connectivity index (χ4n) is 3.90. The molecule has 1 amide bonds. The van der Waals surface area contributed by atoms with Gasteiger partial charge in [-0.05, 0) is 49.6 Å². The van der Waals surface area contributed by atoms with Gasteiger partial charge in [0.1, 0.15) is 0 Å². The summed E-state index contributed by atoms with van der Waals surface area (Å²) in [5.41, 5.74) is 3.53. The van der Waals surface area contributed by atoms with E-state index in [0.717, 1.165) is 42.0 Å². The van der Waals surface area contributed by atoms with Gasteiger partial charge < -0.3 is 5.32 Å². The molecule has 3 aromatic heterocycles. The van der Waals surface area contributed by atoms with Gasteiger partial charge in [0.25, 0.3) is 5.91 Å². The molecule has 0 bridgehead atoms. The topological polar surface area (TPSA) is 77.6 Å². The van der Waals surface area contributed by atoms with Gasteiger partial charge in [0, 0.05) is 24.2 Å². The number of rotatable bonds is 4. The normalized spacial score (nSPS) is 15.7. The average molecular weight is 384 g/mol. The minimum atomic E-state index is -0.112. The molecule has 0 saturated heterocycles. The van der Waals surface area contributed by atoms with Crippen molar-refractivity contribution in [3.8, 4) is 11.5 Å². The first-order chi connectivity index (χ1) is 14.3. The van der Waals surface area contributed by atoms with Crippen LogP contribution in [-0.2, 0) is 6.42 Å². The number of carbonyl (C=O) groups excluding carboxylic acids is 1. The zero-order valence-electron chi connectivity index (χ0n) is 15.8. The van der Waals surface area contributed by atoms with Gasteiger partial charge in [-0.15, -0.1) is 0 Å². The number of nitrogens with one attached hydrogen (secondary N) is 1. The van der Waals surface area contributed by atoms with Crippen molar-refractivity contribution in [1.82, 2.24) is 29.9 Å². The molecule has 0 spiro atoms. The Bertz CT molecular complexity index is 1130. The summed E-state index contributed by atoms with van der Waals surface area (Å²) >= 11 is 0. The van der Waals surface area contributed by atoms with Gasteiger partial charge in [-0.1, -0.05) is 18.2 Å². The van der Waals surface area contributed by atoms with Gasteiger partial charge in [0.2, 0.25) is 0 Å². The van der Waals surface area contributed by atoms with E-state index < -0.39 is 0 Å². The zero-order valence-corrected chi connectivity index (χ0v) is 15.8. The summed E-state index contributed by atoms with van der Waals surface area (Å²) in [6.45, 7) is 0. The molecule has 5 rings (SSSR count). The molecule has 7 nitrogen and oxygen atoms in total. The molecule has 4 aromatic rings. The third-order valence-corrected chi connectivity index (χ3v) is 5.25. The van der Waals surface area contributed by atoms with Crippen LogP contribution in [0.3, 0.4) is 0 Å². The van der Waals surface area contributed by atoms with E-state index in [2.05, 4.69) is 20.5 Å². The number of benzene rings is 1. The highest BCUT2D eigenvalue weighted by Crippen LogP contribution is 2.31. The number of pyridine rings is 1. The minimum Gasteiger partial charge on any atom is -0.345 e. The molecular weight excluding hydrogens is 364 g/mol. The van der Waals surface area contributed by atoms with Crippen LogP contribution in [0.15, 0.2) is 73.3 Å². The lowest BCUT2D eigenvalue weighted by Gasteiger charge is -2.24. The Kier molecular flexibility index (Phi) is 4.40. The maximum absolute atomic E-state index is 13.1. The molecule has 1 N–H and O–H groups in total. The Hall–Kier alpha value is -3.74. The van der Waals surface area contributed by atoms with E-state index in [4.69, 9.17) is 0 Å². The van der Waals surface area contributed by atoms with Gasteiger partial charge in [-0.2, -0.15) is 10.2 Å². The maximum atomic E-state index is 13.1. The van der Waals surface area contributed by atoms with Crippen molar-refractivity contribution in [2.24, 2.45) is 0 Å². The van der Waals surface area contributed by atoms with Crippen LogP contribution < -0.4 is 5.32 Å². The van der Waals surface area contributed by atoms with E-state index in [-0.39, 0.29) is 11.9 Å². The second-order valence-electron chi connectivity index (χ2n) is 7.03. The number of fused-ring (bicyclic) bond motifs is 1. The lowest BCUT2D eigenvalue weighted by atomic mass is 9.92. The Labute approximate surface area is 168 Å². The summed E-state index contributed by atoms with van der Waals surface area (Å²) in [7, 11) is 0. The molecule has 1 aliphatic rings. The van der Waals surface area contributed by atoms with Gasteiger partial charge in [0.15, 0.2) is 5.82 Å². The van der Waals surface area contributed by atoms with Crippen molar-refractivity contribution in [3.05, 3.63) is 90.1 Å². The van der Waals surface area contributed by atoms with Crippen LogP contribution in [0.5, 0.6) is 0 Å². The van der Waals surface area contributed by atoms with Crippen LogP contribution in [0.4, 0.5) is 0 Å². The molecule has 1 unspecified atom stereocenters. The van der Waals surface area contributed by atoms with Crippen molar-refractivity contribution >= 4 is 5.91 Å². The van der Waals surface area contributed by atoms with Gasteiger partial charge in [-0.25, -0.2) is 14.3 Å². The predicted molar refractivity (Wildman–Crippen MR) is 108 cm³/mol. The van der Waals surface area contributed by atoms with Crippen molar-refractivity contribution in [2.75, 3.05) is 0 Å². The summed E-state index contributed by atoms with van der Waals surface area (Å²) in [6.07, 6.45) is 9.94. The third-order valence-electron chi connectivity index (χ3n) is 5.25.